The third-order valence-corrected chi connectivity index (χ3v) is 6.83. The highest BCUT2D eigenvalue weighted by molar-refractivity contribution is 7.91. The zero-order chi connectivity index (χ0) is 13.6. The highest BCUT2D eigenvalue weighted by Crippen LogP contribution is 2.33. The van der Waals surface area contributed by atoms with E-state index in [1.165, 1.54) is 19.3 Å². The Morgan fingerprint density at radius 3 is 2.32 bits per heavy atom. The van der Waals surface area contributed by atoms with Crippen molar-refractivity contribution in [3.8, 4) is 0 Å². The molecule has 6 heteroatoms. The van der Waals surface area contributed by atoms with Gasteiger partial charge in [0.25, 0.3) is 0 Å². The van der Waals surface area contributed by atoms with E-state index in [-0.39, 0.29) is 17.5 Å². The Kier molecular flexibility index (Phi) is 3.62. The van der Waals surface area contributed by atoms with E-state index in [0.29, 0.717) is 18.1 Å². The maximum atomic E-state index is 11.5. The Morgan fingerprint density at radius 1 is 1.16 bits per heavy atom. The first-order chi connectivity index (χ1) is 8.94. The van der Waals surface area contributed by atoms with Crippen LogP contribution < -0.4 is 5.32 Å². The van der Waals surface area contributed by atoms with Gasteiger partial charge in [0.15, 0.2) is 9.84 Å². The second-order valence-corrected chi connectivity index (χ2v) is 8.64. The van der Waals surface area contributed by atoms with Crippen molar-refractivity contribution < 1.29 is 13.5 Å². The molecule has 3 saturated heterocycles. The molecule has 0 radical (unpaired) electrons. The monoisotopic (exact) mass is 288 g/mol. The SMILES string of the molecule is CN1C2CCCC1CC(NC1CS(=O)(=O)CC1O)C2. The molecule has 3 aliphatic rings. The van der Waals surface area contributed by atoms with Gasteiger partial charge in [-0.2, -0.15) is 0 Å². The number of piperidine rings is 2. The topological polar surface area (TPSA) is 69.6 Å². The number of sulfone groups is 1. The number of aliphatic hydroxyl groups is 1. The summed E-state index contributed by atoms with van der Waals surface area (Å²) in [6, 6.07) is 1.35. The smallest absolute Gasteiger partial charge is 0.154 e. The highest BCUT2D eigenvalue weighted by atomic mass is 32.2. The molecule has 5 nitrogen and oxygen atoms in total. The van der Waals surface area contributed by atoms with Gasteiger partial charge in [-0.15, -0.1) is 0 Å². The van der Waals surface area contributed by atoms with Crippen LogP contribution in [0.3, 0.4) is 0 Å². The number of hydrogen-bond acceptors (Lipinski definition) is 5. The van der Waals surface area contributed by atoms with Crippen molar-refractivity contribution >= 4 is 9.84 Å². The maximum Gasteiger partial charge on any atom is 0.154 e. The molecule has 0 spiro atoms. The summed E-state index contributed by atoms with van der Waals surface area (Å²) in [7, 11) is -0.840. The largest absolute Gasteiger partial charge is 0.390 e. The lowest BCUT2D eigenvalue weighted by atomic mass is 9.82. The fourth-order valence-electron chi connectivity index (χ4n) is 4.04. The number of nitrogens with one attached hydrogen (secondary N) is 1. The van der Waals surface area contributed by atoms with Gasteiger partial charge in [0.2, 0.25) is 0 Å². The van der Waals surface area contributed by atoms with Crippen LogP contribution in [0.5, 0.6) is 0 Å². The minimum absolute atomic E-state index is 0.0792. The van der Waals surface area contributed by atoms with Crippen molar-refractivity contribution in [2.45, 2.75) is 62.4 Å². The van der Waals surface area contributed by atoms with Crippen molar-refractivity contribution in [2.24, 2.45) is 0 Å². The van der Waals surface area contributed by atoms with E-state index in [1.54, 1.807) is 0 Å². The minimum Gasteiger partial charge on any atom is -0.390 e. The molecular formula is C13H24N2O3S. The van der Waals surface area contributed by atoms with Gasteiger partial charge in [-0.1, -0.05) is 6.42 Å². The first-order valence-electron chi connectivity index (χ1n) is 7.31. The van der Waals surface area contributed by atoms with E-state index in [2.05, 4.69) is 17.3 Å². The van der Waals surface area contributed by atoms with Crippen LogP contribution in [0, 0.1) is 0 Å². The minimum atomic E-state index is -3.05. The number of hydrogen-bond donors (Lipinski definition) is 2. The predicted molar refractivity (Wildman–Crippen MR) is 73.8 cm³/mol. The Hall–Kier alpha value is -0.170. The summed E-state index contributed by atoms with van der Waals surface area (Å²) < 4.78 is 23.1. The molecule has 19 heavy (non-hydrogen) atoms. The van der Waals surface area contributed by atoms with Crippen molar-refractivity contribution in [2.75, 3.05) is 18.6 Å². The first kappa shape index (κ1) is 13.8. The predicted octanol–water partition coefficient (Wildman–Crippen LogP) is -0.251. The Labute approximate surface area is 115 Å². The normalized spacial score (nSPS) is 46.3. The fourth-order valence-corrected chi connectivity index (χ4v) is 5.80. The quantitative estimate of drug-likeness (QED) is 0.733. The fraction of sp³-hybridized carbons (Fsp3) is 1.00. The van der Waals surface area contributed by atoms with Crippen molar-refractivity contribution in [1.82, 2.24) is 10.2 Å². The van der Waals surface area contributed by atoms with E-state index in [0.717, 1.165) is 12.8 Å². The van der Waals surface area contributed by atoms with Crippen LogP contribution in [-0.2, 0) is 9.84 Å². The van der Waals surface area contributed by atoms with E-state index in [9.17, 15) is 13.5 Å². The van der Waals surface area contributed by atoms with Crippen LogP contribution in [0.25, 0.3) is 0 Å². The van der Waals surface area contributed by atoms with Gasteiger partial charge in [0.1, 0.15) is 0 Å². The third-order valence-electron chi connectivity index (χ3n) is 5.11. The lowest BCUT2D eigenvalue weighted by Gasteiger charge is -2.47. The van der Waals surface area contributed by atoms with Gasteiger partial charge in [-0.3, -0.25) is 0 Å². The van der Waals surface area contributed by atoms with Crippen LogP contribution in [0.1, 0.15) is 32.1 Å². The number of fused-ring (bicyclic) bond motifs is 2. The lowest BCUT2D eigenvalue weighted by molar-refractivity contribution is 0.0408. The molecule has 4 unspecified atom stereocenters. The second kappa shape index (κ2) is 4.98. The molecule has 0 saturated carbocycles. The van der Waals surface area contributed by atoms with Crippen molar-refractivity contribution in [1.29, 1.82) is 0 Å². The Balaban J connectivity index is 1.62. The molecule has 0 aliphatic carbocycles. The summed E-state index contributed by atoms with van der Waals surface area (Å²) in [6.07, 6.45) is 5.23. The zero-order valence-electron chi connectivity index (χ0n) is 11.5. The average molecular weight is 288 g/mol. The highest BCUT2D eigenvalue weighted by Gasteiger charge is 2.41. The summed E-state index contributed by atoms with van der Waals surface area (Å²) in [5.74, 6) is 0.0139. The van der Waals surface area contributed by atoms with Crippen molar-refractivity contribution in [3.05, 3.63) is 0 Å². The molecule has 3 heterocycles. The van der Waals surface area contributed by atoms with Gasteiger partial charge >= 0.3 is 0 Å². The average Bonchev–Trinajstić information content (AvgIpc) is 2.53. The molecule has 3 fully saturated rings. The van der Waals surface area contributed by atoms with Crippen molar-refractivity contribution in [3.63, 3.8) is 0 Å². The molecule has 4 atom stereocenters. The van der Waals surface area contributed by atoms with Crippen LogP contribution >= 0.6 is 0 Å². The zero-order valence-corrected chi connectivity index (χ0v) is 12.3. The number of nitrogens with zero attached hydrogens (tertiary/aromatic N) is 1. The van der Waals surface area contributed by atoms with Gasteiger partial charge in [-0.05, 0) is 32.7 Å². The molecule has 0 aromatic carbocycles. The summed E-state index contributed by atoms with van der Waals surface area (Å²) in [5.41, 5.74) is 0. The summed E-state index contributed by atoms with van der Waals surface area (Å²) in [6.45, 7) is 0. The summed E-state index contributed by atoms with van der Waals surface area (Å²) in [5, 5.41) is 13.3. The molecule has 3 rings (SSSR count). The van der Waals surface area contributed by atoms with Gasteiger partial charge in [0.05, 0.1) is 17.6 Å². The van der Waals surface area contributed by atoms with Crippen LogP contribution in [-0.4, -0.2) is 67.2 Å². The van der Waals surface area contributed by atoms with Crippen LogP contribution in [0.15, 0.2) is 0 Å². The van der Waals surface area contributed by atoms with Gasteiger partial charge in [0, 0.05) is 24.2 Å². The Morgan fingerprint density at radius 2 is 1.79 bits per heavy atom. The molecule has 0 aromatic heterocycles. The molecule has 0 aromatic rings. The van der Waals surface area contributed by atoms with E-state index < -0.39 is 15.9 Å². The van der Waals surface area contributed by atoms with Gasteiger partial charge < -0.3 is 15.3 Å². The standard InChI is InChI=1S/C13H24N2O3S/c1-15-10-3-2-4-11(15)6-9(5-10)14-12-7-19(17,18)8-13(12)16/h9-14,16H,2-8H2,1H3. The number of aliphatic hydroxyl groups excluding tert-OH is 1. The van der Waals surface area contributed by atoms with E-state index in [4.69, 9.17) is 0 Å². The van der Waals surface area contributed by atoms with E-state index in [1.807, 2.05) is 0 Å². The molecular weight excluding hydrogens is 264 g/mol. The second-order valence-electron chi connectivity index (χ2n) is 6.49. The maximum absolute atomic E-state index is 11.5. The van der Waals surface area contributed by atoms with Gasteiger partial charge in [-0.25, -0.2) is 8.42 Å². The summed E-state index contributed by atoms with van der Waals surface area (Å²) >= 11 is 0. The molecule has 2 N–H and O–H groups in total. The van der Waals surface area contributed by atoms with Crippen LogP contribution in [0.2, 0.25) is 0 Å². The summed E-state index contributed by atoms with van der Waals surface area (Å²) in [4.78, 5) is 2.49. The molecule has 110 valence electrons. The molecule has 3 aliphatic heterocycles. The van der Waals surface area contributed by atoms with E-state index >= 15 is 0 Å². The third kappa shape index (κ3) is 2.82. The number of rotatable bonds is 2. The lowest BCUT2D eigenvalue weighted by Crippen LogP contribution is -2.57. The Bertz CT molecular complexity index is 425. The molecule has 2 bridgehead atoms. The molecule has 0 amide bonds. The first-order valence-corrected chi connectivity index (χ1v) is 9.13. The van der Waals surface area contributed by atoms with Crippen LogP contribution in [0.4, 0.5) is 0 Å².